The number of unbranched alkanes of at least 4 members (excludes halogenated alkanes) is 1. The number of hydrogen-bond donors (Lipinski definition) is 1. The number of amides is 1. The standard InChI is InChI=1S/C16H20N2O4S/c1-4-5-10-14(19)17-11(2)15-16(20)12-8-6-7-9-13(12)23(21,22)18(15)3/h6-9H,4-5,10H2,1-3H3,(H,17,19)/b15-11-. The van der Waals surface area contributed by atoms with Crippen molar-refractivity contribution in [2.75, 3.05) is 7.05 Å². The molecule has 0 spiro atoms. The van der Waals surface area contributed by atoms with Gasteiger partial charge in [0.05, 0.1) is 4.90 Å². The molecule has 7 heteroatoms. The first kappa shape index (κ1) is 17.2. The summed E-state index contributed by atoms with van der Waals surface area (Å²) in [7, 11) is -2.48. The van der Waals surface area contributed by atoms with Crippen molar-refractivity contribution in [2.24, 2.45) is 0 Å². The number of nitrogens with zero attached hydrogens (tertiary/aromatic N) is 1. The van der Waals surface area contributed by atoms with Gasteiger partial charge in [0.15, 0.2) is 0 Å². The van der Waals surface area contributed by atoms with Gasteiger partial charge in [-0.15, -0.1) is 0 Å². The number of fused-ring (bicyclic) bond motifs is 1. The van der Waals surface area contributed by atoms with E-state index < -0.39 is 15.8 Å². The van der Waals surface area contributed by atoms with Gasteiger partial charge < -0.3 is 5.32 Å². The van der Waals surface area contributed by atoms with Crippen LogP contribution in [0, 0.1) is 0 Å². The third-order valence-electron chi connectivity index (χ3n) is 3.74. The molecule has 0 saturated carbocycles. The predicted octanol–water partition coefficient (Wildman–Crippen LogP) is 2.04. The van der Waals surface area contributed by atoms with Crippen molar-refractivity contribution in [3.8, 4) is 0 Å². The van der Waals surface area contributed by atoms with Crippen LogP contribution in [0.2, 0.25) is 0 Å². The number of carbonyl (C=O) groups excluding carboxylic acids is 2. The molecule has 1 heterocycles. The number of hydrogen-bond acceptors (Lipinski definition) is 4. The lowest BCUT2D eigenvalue weighted by Gasteiger charge is -2.29. The molecule has 124 valence electrons. The largest absolute Gasteiger partial charge is 0.328 e. The first-order chi connectivity index (χ1) is 10.8. The van der Waals surface area contributed by atoms with Crippen molar-refractivity contribution in [3.63, 3.8) is 0 Å². The van der Waals surface area contributed by atoms with E-state index in [0.29, 0.717) is 6.42 Å². The van der Waals surface area contributed by atoms with Gasteiger partial charge in [0, 0.05) is 24.7 Å². The average molecular weight is 336 g/mol. The van der Waals surface area contributed by atoms with E-state index in [2.05, 4.69) is 5.32 Å². The van der Waals surface area contributed by atoms with Gasteiger partial charge in [-0.1, -0.05) is 25.5 Å². The van der Waals surface area contributed by atoms with E-state index in [1.165, 1.54) is 26.1 Å². The van der Waals surface area contributed by atoms with Crippen molar-refractivity contribution in [3.05, 3.63) is 41.2 Å². The highest BCUT2D eigenvalue weighted by atomic mass is 32.2. The van der Waals surface area contributed by atoms with Crippen molar-refractivity contribution < 1.29 is 18.0 Å². The Morgan fingerprint density at radius 3 is 2.57 bits per heavy atom. The van der Waals surface area contributed by atoms with Crippen LogP contribution in [0.25, 0.3) is 0 Å². The summed E-state index contributed by atoms with van der Waals surface area (Å²) in [5.74, 6) is -0.638. The van der Waals surface area contributed by atoms with Gasteiger partial charge in [-0.2, -0.15) is 0 Å². The molecule has 0 aromatic heterocycles. The molecule has 1 N–H and O–H groups in total. The fourth-order valence-corrected chi connectivity index (χ4v) is 3.94. The lowest BCUT2D eigenvalue weighted by Crippen LogP contribution is -2.39. The number of benzene rings is 1. The second-order valence-electron chi connectivity index (χ2n) is 5.42. The summed E-state index contributed by atoms with van der Waals surface area (Å²) < 4.78 is 26.0. The Bertz CT molecular complexity index is 781. The quantitative estimate of drug-likeness (QED) is 0.853. The van der Waals surface area contributed by atoms with E-state index in [1.54, 1.807) is 12.1 Å². The third kappa shape index (κ3) is 3.14. The van der Waals surface area contributed by atoms with Gasteiger partial charge >= 0.3 is 0 Å². The molecule has 1 aliphatic rings. The first-order valence-corrected chi connectivity index (χ1v) is 8.88. The zero-order valence-corrected chi connectivity index (χ0v) is 14.2. The van der Waals surface area contributed by atoms with Crippen molar-refractivity contribution in [1.82, 2.24) is 9.62 Å². The zero-order valence-electron chi connectivity index (χ0n) is 13.4. The number of ketones is 1. The molecule has 6 nitrogen and oxygen atoms in total. The van der Waals surface area contributed by atoms with Crippen molar-refractivity contribution in [2.45, 2.75) is 38.0 Å². The minimum atomic E-state index is -3.80. The molecule has 23 heavy (non-hydrogen) atoms. The highest BCUT2D eigenvalue weighted by molar-refractivity contribution is 7.89. The SMILES string of the molecule is CCCCC(=O)N/C(C)=C1/C(=O)c2ccccc2S(=O)(=O)N1C. The zero-order chi connectivity index (χ0) is 17.2. The number of rotatable bonds is 4. The van der Waals surface area contributed by atoms with Crippen LogP contribution < -0.4 is 5.32 Å². The van der Waals surface area contributed by atoms with Crippen LogP contribution in [0.15, 0.2) is 40.6 Å². The maximum atomic E-state index is 12.6. The topological polar surface area (TPSA) is 83.5 Å². The molecule has 0 aliphatic carbocycles. The summed E-state index contributed by atoms with van der Waals surface area (Å²) >= 11 is 0. The minimum Gasteiger partial charge on any atom is -0.328 e. The van der Waals surface area contributed by atoms with Crippen LogP contribution in [0.4, 0.5) is 0 Å². The lowest BCUT2D eigenvalue weighted by atomic mass is 10.1. The van der Waals surface area contributed by atoms with Gasteiger partial charge in [0.25, 0.3) is 10.0 Å². The smallest absolute Gasteiger partial charge is 0.264 e. The van der Waals surface area contributed by atoms with Gasteiger partial charge in [0.2, 0.25) is 11.7 Å². The molecule has 1 aromatic rings. The van der Waals surface area contributed by atoms with Crippen LogP contribution in [0.3, 0.4) is 0 Å². The fraction of sp³-hybridized carbons (Fsp3) is 0.375. The third-order valence-corrected chi connectivity index (χ3v) is 5.56. The maximum Gasteiger partial charge on any atom is 0.264 e. The fourth-order valence-electron chi connectivity index (χ4n) is 2.49. The first-order valence-electron chi connectivity index (χ1n) is 7.44. The number of likely N-dealkylation sites (N-methyl/N-ethyl adjacent to an activating group) is 1. The number of carbonyl (C=O) groups is 2. The lowest BCUT2D eigenvalue weighted by molar-refractivity contribution is -0.120. The Kier molecular flexibility index (Phi) is 4.89. The minimum absolute atomic E-state index is 0.0126. The van der Waals surface area contributed by atoms with Gasteiger partial charge in [0.1, 0.15) is 5.70 Å². The molecule has 0 bridgehead atoms. The van der Waals surface area contributed by atoms with Crippen LogP contribution in [-0.4, -0.2) is 31.5 Å². The maximum absolute atomic E-state index is 12.6. The second-order valence-corrected chi connectivity index (χ2v) is 7.36. The van der Waals surface area contributed by atoms with Crippen LogP contribution >= 0.6 is 0 Å². The Balaban J connectivity index is 2.46. The van der Waals surface area contributed by atoms with Crippen molar-refractivity contribution >= 4 is 21.7 Å². The molecule has 0 fully saturated rings. The van der Waals surface area contributed by atoms with Crippen LogP contribution in [-0.2, 0) is 14.8 Å². The summed E-state index contributed by atoms with van der Waals surface area (Å²) in [6.07, 6.45) is 1.95. The van der Waals surface area contributed by atoms with E-state index in [4.69, 9.17) is 0 Å². The van der Waals surface area contributed by atoms with Gasteiger partial charge in [-0.3, -0.25) is 13.9 Å². The summed E-state index contributed by atoms with van der Waals surface area (Å²) in [5.41, 5.74) is 0.355. The highest BCUT2D eigenvalue weighted by Gasteiger charge is 2.38. The van der Waals surface area contributed by atoms with Gasteiger partial charge in [-0.25, -0.2) is 8.42 Å². The van der Waals surface area contributed by atoms with E-state index >= 15 is 0 Å². The summed E-state index contributed by atoms with van der Waals surface area (Å²) in [5, 5.41) is 2.63. The molecule has 0 atom stereocenters. The molecule has 0 radical (unpaired) electrons. The van der Waals surface area contributed by atoms with Crippen molar-refractivity contribution in [1.29, 1.82) is 0 Å². The van der Waals surface area contributed by atoms with Gasteiger partial charge in [-0.05, 0) is 25.5 Å². The van der Waals surface area contributed by atoms with Crippen LogP contribution in [0.1, 0.15) is 43.5 Å². The Morgan fingerprint density at radius 2 is 1.91 bits per heavy atom. The molecule has 0 unspecified atom stereocenters. The Labute approximate surface area is 136 Å². The van der Waals surface area contributed by atoms with Crippen LogP contribution in [0.5, 0.6) is 0 Å². The van der Waals surface area contributed by atoms with E-state index in [1.807, 2.05) is 6.92 Å². The Hall–Kier alpha value is -2.15. The Morgan fingerprint density at radius 1 is 1.26 bits per heavy atom. The van der Waals surface area contributed by atoms with E-state index in [0.717, 1.165) is 17.1 Å². The average Bonchev–Trinajstić information content (AvgIpc) is 2.51. The molecular weight excluding hydrogens is 316 g/mol. The predicted molar refractivity (Wildman–Crippen MR) is 86.1 cm³/mol. The number of allylic oxidation sites excluding steroid dienone is 2. The molecule has 0 saturated heterocycles. The number of nitrogens with one attached hydrogen (secondary N) is 1. The van der Waals surface area contributed by atoms with E-state index in [9.17, 15) is 18.0 Å². The molecule has 1 aromatic carbocycles. The molecular formula is C16H20N2O4S. The number of Topliss-reactive ketones (excluding diaryl/α,β-unsaturated/α-hetero) is 1. The summed E-state index contributed by atoms with van der Waals surface area (Å²) in [6.45, 7) is 3.51. The molecule has 1 amide bonds. The summed E-state index contributed by atoms with van der Waals surface area (Å²) in [4.78, 5) is 24.5. The number of sulfonamides is 1. The second kappa shape index (κ2) is 6.54. The monoisotopic (exact) mass is 336 g/mol. The van der Waals surface area contributed by atoms with E-state index in [-0.39, 0.29) is 27.8 Å². The normalized spacial score (nSPS) is 18.4. The summed E-state index contributed by atoms with van der Waals surface area (Å²) in [6, 6.07) is 6.08. The molecule has 2 rings (SSSR count). The molecule has 1 aliphatic heterocycles. The highest BCUT2D eigenvalue weighted by Crippen LogP contribution is 2.31.